The molecule has 4 heteroatoms. The summed E-state index contributed by atoms with van der Waals surface area (Å²) < 4.78 is 23.3. The van der Waals surface area contributed by atoms with Gasteiger partial charge in [0.2, 0.25) is 0 Å². The molecule has 1 aromatic rings. The first-order valence-corrected chi connectivity index (χ1v) is 4.90. The lowest BCUT2D eigenvalue weighted by molar-refractivity contribution is 0.0215. The Bertz CT molecular complexity index is 315. The lowest BCUT2D eigenvalue weighted by atomic mass is 10.1. The summed E-state index contributed by atoms with van der Waals surface area (Å²) in [6.45, 7) is 4.35. The van der Waals surface area contributed by atoms with Gasteiger partial charge in [0.05, 0.1) is 0 Å². The number of hydrogen-bond donors (Lipinski definition) is 1. The Morgan fingerprint density at radius 3 is 2.80 bits per heavy atom. The Kier molecular flexibility index (Phi) is 4.52. The number of halogens is 1. The van der Waals surface area contributed by atoms with E-state index in [1.165, 1.54) is 12.1 Å². The van der Waals surface area contributed by atoms with E-state index >= 15 is 0 Å². The average molecular weight is 213 g/mol. The van der Waals surface area contributed by atoms with Gasteiger partial charge in [0.15, 0.2) is 6.79 Å². The van der Waals surface area contributed by atoms with Crippen LogP contribution in [0.3, 0.4) is 0 Å². The fourth-order valence-electron chi connectivity index (χ4n) is 1.20. The molecule has 15 heavy (non-hydrogen) atoms. The summed E-state index contributed by atoms with van der Waals surface area (Å²) in [6, 6.07) is 4.12. The van der Waals surface area contributed by atoms with Crippen LogP contribution in [-0.4, -0.2) is 13.4 Å². The SMILES string of the molecule is CCOCOc1cc(F)ccc1[C@H](C)N. The minimum Gasteiger partial charge on any atom is -0.467 e. The fourth-order valence-corrected chi connectivity index (χ4v) is 1.20. The van der Waals surface area contributed by atoms with Crippen molar-refractivity contribution in [2.24, 2.45) is 5.73 Å². The van der Waals surface area contributed by atoms with Gasteiger partial charge in [0.25, 0.3) is 0 Å². The summed E-state index contributed by atoms with van der Waals surface area (Å²) >= 11 is 0. The molecule has 0 unspecified atom stereocenters. The highest BCUT2D eigenvalue weighted by molar-refractivity contribution is 5.35. The van der Waals surface area contributed by atoms with E-state index in [9.17, 15) is 4.39 Å². The Morgan fingerprint density at radius 1 is 1.47 bits per heavy atom. The normalized spacial score (nSPS) is 12.5. The summed E-state index contributed by atoms with van der Waals surface area (Å²) in [5, 5.41) is 0. The lowest BCUT2D eigenvalue weighted by Gasteiger charge is -2.13. The summed E-state index contributed by atoms with van der Waals surface area (Å²) in [5.74, 6) is 0.101. The molecule has 0 aliphatic heterocycles. The van der Waals surface area contributed by atoms with Gasteiger partial charge in [0, 0.05) is 24.3 Å². The number of hydrogen-bond acceptors (Lipinski definition) is 3. The van der Waals surface area contributed by atoms with Crippen molar-refractivity contribution in [2.45, 2.75) is 19.9 Å². The highest BCUT2D eigenvalue weighted by atomic mass is 19.1. The average Bonchev–Trinajstić information content (AvgIpc) is 2.18. The van der Waals surface area contributed by atoms with Crippen molar-refractivity contribution in [3.63, 3.8) is 0 Å². The molecule has 0 aromatic heterocycles. The van der Waals surface area contributed by atoms with E-state index in [1.54, 1.807) is 6.07 Å². The first-order chi connectivity index (χ1) is 7.15. The molecule has 1 rings (SSSR count). The molecule has 3 nitrogen and oxygen atoms in total. The molecule has 0 saturated carbocycles. The Balaban J connectivity index is 2.77. The third kappa shape index (κ3) is 3.49. The van der Waals surface area contributed by atoms with Gasteiger partial charge in [-0.1, -0.05) is 6.07 Å². The van der Waals surface area contributed by atoms with Gasteiger partial charge in [0.1, 0.15) is 11.6 Å². The Morgan fingerprint density at radius 2 is 2.20 bits per heavy atom. The van der Waals surface area contributed by atoms with E-state index in [2.05, 4.69) is 0 Å². The standard InChI is InChI=1S/C11H16FNO2/c1-3-14-7-15-11-6-9(12)4-5-10(11)8(2)13/h4-6,8H,3,7,13H2,1-2H3/t8-/m0/s1. The number of nitrogens with two attached hydrogens (primary N) is 1. The van der Waals surface area contributed by atoms with Crippen LogP contribution in [0.15, 0.2) is 18.2 Å². The smallest absolute Gasteiger partial charge is 0.189 e. The van der Waals surface area contributed by atoms with Crippen LogP contribution >= 0.6 is 0 Å². The van der Waals surface area contributed by atoms with Gasteiger partial charge in [-0.15, -0.1) is 0 Å². The van der Waals surface area contributed by atoms with E-state index in [1.807, 2.05) is 13.8 Å². The second kappa shape index (κ2) is 5.68. The maximum Gasteiger partial charge on any atom is 0.189 e. The summed E-state index contributed by atoms with van der Waals surface area (Å²) in [5.41, 5.74) is 6.50. The van der Waals surface area contributed by atoms with E-state index in [4.69, 9.17) is 15.2 Å². The second-order valence-electron chi connectivity index (χ2n) is 3.23. The Hall–Kier alpha value is -1.13. The van der Waals surface area contributed by atoms with Crippen molar-refractivity contribution in [3.8, 4) is 5.75 Å². The predicted molar refractivity (Wildman–Crippen MR) is 56.1 cm³/mol. The zero-order chi connectivity index (χ0) is 11.3. The molecular formula is C11H16FNO2. The highest BCUT2D eigenvalue weighted by Gasteiger charge is 2.09. The molecule has 0 bridgehead atoms. The van der Waals surface area contributed by atoms with Gasteiger partial charge in [-0.25, -0.2) is 4.39 Å². The summed E-state index contributed by atoms with van der Waals surface area (Å²) in [6.07, 6.45) is 0. The van der Waals surface area contributed by atoms with Crippen LogP contribution in [0.1, 0.15) is 25.5 Å². The van der Waals surface area contributed by atoms with Crippen molar-refractivity contribution in [1.82, 2.24) is 0 Å². The monoisotopic (exact) mass is 213 g/mol. The first-order valence-electron chi connectivity index (χ1n) is 4.90. The highest BCUT2D eigenvalue weighted by Crippen LogP contribution is 2.24. The molecule has 0 heterocycles. The number of ether oxygens (including phenoxy) is 2. The second-order valence-corrected chi connectivity index (χ2v) is 3.23. The fraction of sp³-hybridized carbons (Fsp3) is 0.455. The Labute approximate surface area is 89.0 Å². The molecule has 0 amide bonds. The van der Waals surface area contributed by atoms with Crippen LogP contribution in [0.5, 0.6) is 5.75 Å². The molecule has 2 N–H and O–H groups in total. The molecule has 0 aliphatic rings. The first kappa shape index (κ1) is 11.9. The van der Waals surface area contributed by atoms with Crippen LogP contribution in [0.25, 0.3) is 0 Å². The predicted octanol–water partition coefficient (Wildman–Crippen LogP) is 2.22. The number of benzene rings is 1. The number of rotatable bonds is 5. The third-order valence-corrected chi connectivity index (χ3v) is 1.97. The zero-order valence-corrected chi connectivity index (χ0v) is 9.00. The summed E-state index contributed by atoms with van der Waals surface area (Å²) in [4.78, 5) is 0. The van der Waals surface area contributed by atoms with Crippen LogP contribution in [-0.2, 0) is 4.74 Å². The van der Waals surface area contributed by atoms with Gasteiger partial charge < -0.3 is 15.2 Å². The van der Waals surface area contributed by atoms with Crippen molar-refractivity contribution >= 4 is 0 Å². The van der Waals surface area contributed by atoms with Gasteiger partial charge in [-0.3, -0.25) is 0 Å². The van der Waals surface area contributed by atoms with Crippen molar-refractivity contribution in [2.75, 3.05) is 13.4 Å². The zero-order valence-electron chi connectivity index (χ0n) is 9.00. The molecule has 0 radical (unpaired) electrons. The summed E-state index contributed by atoms with van der Waals surface area (Å²) in [7, 11) is 0. The quantitative estimate of drug-likeness (QED) is 0.602. The maximum absolute atomic E-state index is 13.0. The lowest BCUT2D eigenvalue weighted by Crippen LogP contribution is -2.10. The van der Waals surface area contributed by atoms with E-state index in [0.29, 0.717) is 12.4 Å². The van der Waals surface area contributed by atoms with Gasteiger partial charge in [-0.2, -0.15) is 0 Å². The third-order valence-electron chi connectivity index (χ3n) is 1.97. The largest absolute Gasteiger partial charge is 0.467 e. The maximum atomic E-state index is 13.0. The van der Waals surface area contributed by atoms with Crippen LogP contribution < -0.4 is 10.5 Å². The van der Waals surface area contributed by atoms with Crippen molar-refractivity contribution < 1.29 is 13.9 Å². The van der Waals surface area contributed by atoms with Crippen LogP contribution in [0.4, 0.5) is 4.39 Å². The minimum absolute atomic E-state index is 0.111. The molecule has 0 fully saturated rings. The van der Waals surface area contributed by atoms with Gasteiger partial charge in [-0.05, 0) is 19.9 Å². The van der Waals surface area contributed by atoms with E-state index in [0.717, 1.165) is 5.56 Å². The minimum atomic E-state index is -0.342. The molecule has 1 aromatic carbocycles. The van der Waals surface area contributed by atoms with Crippen molar-refractivity contribution in [3.05, 3.63) is 29.6 Å². The van der Waals surface area contributed by atoms with Crippen LogP contribution in [0, 0.1) is 5.82 Å². The molecular weight excluding hydrogens is 197 g/mol. The molecule has 1 atom stereocenters. The topological polar surface area (TPSA) is 44.5 Å². The molecule has 84 valence electrons. The van der Waals surface area contributed by atoms with Gasteiger partial charge >= 0.3 is 0 Å². The van der Waals surface area contributed by atoms with Crippen LogP contribution in [0.2, 0.25) is 0 Å². The molecule has 0 spiro atoms. The van der Waals surface area contributed by atoms with Crippen molar-refractivity contribution in [1.29, 1.82) is 0 Å². The van der Waals surface area contributed by atoms with E-state index < -0.39 is 0 Å². The molecule has 0 aliphatic carbocycles. The van der Waals surface area contributed by atoms with E-state index in [-0.39, 0.29) is 18.7 Å². The molecule has 0 saturated heterocycles.